The van der Waals surface area contributed by atoms with E-state index in [1.54, 1.807) is 32.4 Å². The molecular formula is C23H25NO3. The summed E-state index contributed by atoms with van der Waals surface area (Å²) in [5, 5.41) is 0. The highest BCUT2D eigenvalue weighted by Crippen LogP contribution is 2.46. The second-order valence-corrected chi connectivity index (χ2v) is 7.08. The first-order valence-electron chi connectivity index (χ1n) is 8.88. The Hall–Kier alpha value is -3.01. The summed E-state index contributed by atoms with van der Waals surface area (Å²) >= 11 is 0. The molecule has 3 rings (SSSR count). The summed E-state index contributed by atoms with van der Waals surface area (Å²) in [6, 6.07) is 13.8. The molecule has 140 valence electrons. The average Bonchev–Trinajstić information content (AvgIpc) is 2.87. The van der Waals surface area contributed by atoms with Crippen molar-refractivity contribution in [2.45, 2.75) is 19.3 Å². The molecule has 0 amide bonds. The van der Waals surface area contributed by atoms with Crippen LogP contribution in [0.25, 0.3) is 6.08 Å². The molecule has 4 nitrogen and oxygen atoms in total. The molecule has 0 fully saturated rings. The first kappa shape index (κ1) is 18.8. The first-order valence-corrected chi connectivity index (χ1v) is 8.88. The summed E-state index contributed by atoms with van der Waals surface area (Å²) in [6.45, 7) is 4.29. The van der Waals surface area contributed by atoms with Crippen molar-refractivity contribution in [3.05, 3.63) is 71.4 Å². The molecule has 27 heavy (non-hydrogen) atoms. The Kier molecular flexibility index (Phi) is 5.08. The van der Waals surface area contributed by atoms with Crippen molar-refractivity contribution in [1.29, 1.82) is 0 Å². The molecule has 0 atom stereocenters. The smallest absolute Gasteiger partial charge is 0.180 e. The number of carbonyl (C=O) groups excluding carboxylic acids is 1. The van der Waals surface area contributed by atoms with Crippen molar-refractivity contribution in [2.75, 3.05) is 26.2 Å². The molecule has 2 aromatic rings. The molecule has 1 heterocycles. The number of anilines is 1. The Morgan fingerprint density at radius 2 is 1.74 bits per heavy atom. The van der Waals surface area contributed by atoms with E-state index in [1.165, 1.54) is 5.56 Å². The molecule has 4 heteroatoms. The van der Waals surface area contributed by atoms with Crippen LogP contribution in [0.1, 0.15) is 25.0 Å². The fourth-order valence-electron chi connectivity index (χ4n) is 3.58. The number of fused-ring (bicyclic) bond motifs is 1. The summed E-state index contributed by atoms with van der Waals surface area (Å²) in [4.78, 5) is 14.7. The predicted octanol–water partition coefficient (Wildman–Crippen LogP) is 4.60. The van der Waals surface area contributed by atoms with Crippen LogP contribution in [0.2, 0.25) is 0 Å². The van der Waals surface area contributed by atoms with Crippen molar-refractivity contribution in [3.63, 3.8) is 0 Å². The molecule has 1 aliphatic rings. The van der Waals surface area contributed by atoms with Gasteiger partial charge in [0.05, 0.1) is 14.2 Å². The molecule has 0 radical (unpaired) electrons. The third kappa shape index (κ3) is 3.47. The molecular weight excluding hydrogens is 338 g/mol. The number of methoxy groups -OCH3 is 2. The highest BCUT2D eigenvalue weighted by Gasteiger charge is 2.38. The number of ketones is 1. The highest BCUT2D eigenvalue weighted by molar-refractivity contribution is 6.03. The summed E-state index contributed by atoms with van der Waals surface area (Å²) < 4.78 is 10.5. The lowest BCUT2D eigenvalue weighted by atomic mass is 9.83. The van der Waals surface area contributed by atoms with E-state index in [-0.39, 0.29) is 11.2 Å². The van der Waals surface area contributed by atoms with Crippen LogP contribution >= 0.6 is 0 Å². The zero-order chi connectivity index (χ0) is 19.6. The topological polar surface area (TPSA) is 38.8 Å². The van der Waals surface area contributed by atoms with Crippen LogP contribution in [-0.2, 0) is 10.2 Å². The summed E-state index contributed by atoms with van der Waals surface area (Å²) in [7, 11) is 5.20. The third-order valence-electron chi connectivity index (χ3n) is 5.07. The number of likely N-dealkylation sites (N-methyl/N-ethyl adjacent to an activating group) is 1. The average molecular weight is 363 g/mol. The number of benzene rings is 2. The summed E-state index contributed by atoms with van der Waals surface area (Å²) in [6.07, 6.45) is 5.09. The van der Waals surface area contributed by atoms with Gasteiger partial charge < -0.3 is 14.4 Å². The fourth-order valence-corrected chi connectivity index (χ4v) is 3.58. The number of carbonyl (C=O) groups is 1. The number of ether oxygens (including phenoxy) is 2. The van der Waals surface area contributed by atoms with E-state index in [9.17, 15) is 4.79 Å². The van der Waals surface area contributed by atoms with E-state index in [0.29, 0.717) is 11.5 Å². The van der Waals surface area contributed by atoms with Gasteiger partial charge in [0.1, 0.15) is 0 Å². The molecule has 0 saturated carbocycles. The molecule has 0 spiro atoms. The lowest BCUT2D eigenvalue weighted by Crippen LogP contribution is -2.23. The van der Waals surface area contributed by atoms with E-state index in [4.69, 9.17) is 9.47 Å². The van der Waals surface area contributed by atoms with Gasteiger partial charge >= 0.3 is 0 Å². The van der Waals surface area contributed by atoms with Crippen molar-refractivity contribution >= 4 is 17.5 Å². The SMILES string of the molecule is COc1ccc(C=CC(=O)C=C2N(C)c3ccccc3C2(C)C)cc1OC. The largest absolute Gasteiger partial charge is 0.493 e. The Balaban J connectivity index is 1.84. The Bertz CT molecular complexity index is 925. The van der Waals surface area contributed by atoms with Gasteiger partial charge in [-0.15, -0.1) is 0 Å². The third-order valence-corrected chi connectivity index (χ3v) is 5.07. The van der Waals surface area contributed by atoms with E-state index >= 15 is 0 Å². The van der Waals surface area contributed by atoms with Crippen LogP contribution in [0.15, 0.2) is 60.3 Å². The molecule has 0 aliphatic carbocycles. The maximum Gasteiger partial charge on any atom is 0.180 e. The van der Waals surface area contributed by atoms with E-state index in [2.05, 4.69) is 30.9 Å². The normalized spacial score (nSPS) is 16.6. The Morgan fingerprint density at radius 3 is 2.41 bits per heavy atom. The maximum atomic E-state index is 12.6. The lowest BCUT2D eigenvalue weighted by Gasteiger charge is -2.23. The molecule has 2 aromatic carbocycles. The second kappa shape index (κ2) is 7.31. The van der Waals surface area contributed by atoms with Gasteiger partial charge in [0.15, 0.2) is 17.3 Å². The number of para-hydroxylation sites is 1. The zero-order valence-corrected chi connectivity index (χ0v) is 16.4. The maximum absolute atomic E-state index is 12.6. The summed E-state index contributed by atoms with van der Waals surface area (Å²) in [5.74, 6) is 1.25. The van der Waals surface area contributed by atoms with Crippen molar-refractivity contribution in [2.24, 2.45) is 0 Å². The first-order chi connectivity index (χ1) is 12.9. The van der Waals surface area contributed by atoms with Gasteiger partial charge in [0, 0.05) is 29.9 Å². The van der Waals surface area contributed by atoms with Crippen molar-refractivity contribution < 1.29 is 14.3 Å². The van der Waals surface area contributed by atoms with Crippen molar-refractivity contribution in [1.82, 2.24) is 0 Å². The number of allylic oxidation sites excluding steroid dienone is 3. The van der Waals surface area contributed by atoms with Crippen LogP contribution in [0.4, 0.5) is 5.69 Å². The minimum absolute atomic E-state index is 0.0486. The lowest BCUT2D eigenvalue weighted by molar-refractivity contribution is -0.110. The van der Waals surface area contributed by atoms with Gasteiger partial charge in [-0.3, -0.25) is 4.79 Å². The molecule has 1 aliphatic heterocycles. The Morgan fingerprint density at radius 1 is 1.04 bits per heavy atom. The van der Waals surface area contributed by atoms with Gasteiger partial charge in [-0.1, -0.05) is 44.2 Å². The van der Waals surface area contributed by atoms with Crippen molar-refractivity contribution in [3.8, 4) is 11.5 Å². The number of hydrogen-bond donors (Lipinski definition) is 0. The fraction of sp³-hybridized carbons (Fsp3) is 0.261. The van der Waals surface area contributed by atoms with Crippen LogP contribution in [0.3, 0.4) is 0 Å². The minimum Gasteiger partial charge on any atom is -0.493 e. The molecule has 0 saturated heterocycles. The quantitative estimate of drug-likeness (QED) is 0.728. The molecule has 0 aromatic heterocycles. The van der Waals surface area contributed by atoms with Gasteiger partial charge in [-0.25, -0.2) is 0 Å². The molecule has 0 N–H and O–H groups in total. The second-order valence-electron chi connectivity index (χ2n) is 7.08. The number of hydrogen-bond acceptors (Lipinski definition) is 4. The van der Waals surface area contributed by atoms with Gasteiger partial charge in [0.2, 0.25) is 0 Å². The van der Waals surface area contributed by atoms with E-state index < -0.39 is 0 Å². The van der Waals surface area contributed by atoms with E-state index in [1.807, 2.05) is 37.4 Å². The van der Waals surface area contributed by atoms with E-state index in [0.717, 1.165) is 16.9 Å². The van der Waals surface area contributed by atoms with Crippen LogP contribution in [0.5, 0.6) is 11.5 Å². The van der Waals surface area contributed by atoms with Crippen LogP contribution in [0, 0.1) is 0 Å². The standard InChI is InChI=1S/C23H25NO3/c1-23(2)18-8-6-7-9-19(18)24(3)22(23)15-17(25)12-10-16-11-13-20(26-4)21(14-16)27-5/h6-15H,1-5H3. The summed E-state index contributed by atoms with van der Waals surface area (Å²) in [5.41, 5.74) is 4.03. The predicted molar refractivity (Wildman–Crippen MR) is 110 cm³/mol. The zero-order valence-electron chi connectivity index (χ0n) is 16.4. The van der Waals surface area contributed by atoms with Gasteiger partial charge in [0.25, 0.3) is 0 Å². The van der Waals surface area contributed by atoms with Crippen LogP contribution in [-0.4, -0.2) is 27.1 Å². The van der Waals surface area contributed by atoms with Crippen LogP contribution < -0.4 is 14.4 Å². The minimum atomic E-state index is -0.210. The van der Waals surface area contributed by atoms with Gasteiger partial charge in [-0.2, -0.15) is 0 Å². The highest BCUT2D eigenvalue weighted by atomic mass is 16.5. The molecule has 0 bridgehead atoms. The number of rotatable bonds is 5. The van der Waals surface area contributed by atoms with Gasteiger partial charge in [-0.05, 0) is 35.4 Å². The molecule has 0 unspecified atom stereocenters. The Labute approximate surface area is 160 Å². The number of nitrogens with zero attached hydrogens (tertiary/aromatic N) is 1. The monoisotopic (exact) mass is 363 g/mol.